The summed E-state index contributed by atoms with van der Waals surface area (Å²) in [5.41, 5.74) is 2.51. The van der Waals surface area contributed by atoms with Gasteiger partial charge in [0.1, 0.15) is 5.01 Å². The van der Waals surface area contributed by atoms with Crippen molar-refractivity contribution in [2.24, 2.45) is 0 Å². The second-order valence-corrected chi connectivity index (χ2v) is 4.49. The third-order valence-corrected chi connectivity index (χ3v) is 3.59. The SMILES string of the molecule is CCc1cnc(-c2ccncc2CC)s1. The molecule has 0 spiro atoms. The summed E-state index contributed by atoms with van der Waals surface area (Å²) >= 11 is 1.78. The van der Waals surface area contributed by atoms with Crippen LogP contribution in [0.2, 0.25) is 0 Å². The van der Waals surface area contributed by atoms with E-state index in [-0.39, 0.29) is 0 Å². The zero-order valence-corrected chi connectivity index (χ0v) is 9.84. The van der Waals surface area contributed by atoms with Gasteiger partial charge in [-0.05, 0) is 24.5 Å². The number of hydrogen-bond acceptors (Lipinski definition) is 3. The molecule has 0 bridgehead atoms. The summed E-state index contributed by atoms with van der Waals surface area (Å²) in [5, 5.41) is 1.12. The van der Waals surface area contributed by atoms with Crippen molar-refractivity contribution in [1.82, 2.24) is 9.97 Å². The fourth-order valence-corrected chi connectivity index (χ4v) is 2.43. The molecular formula is C12H14N2S. The molecular weight excluding hydrogens is 204 g/mol. The highest BCUT2D eigenvalue weighted by molar-refractivity contribution is 7.15. The third-order valence-electron chi connectivity index (χ3n) is 2.42. The Morgan fingerprint density at radius 3 is 2.73 bits per heavy atom. The molecule has 0 aromatic carbocycles. The number of hydrogen-bond donors (Lipinski definition) is 0. The monoisotopic (exact) mass is 218 g/mol. The number of aromatic nitrogens is 2. The molecule has 0 N–H and O–H groups in total. The molecule has 0 saturated carbocycles. The van der Waals surface area contributed by atoms with Crippen molar-refractivity contribution < 1.29 is 0 Å². The molecule has 0 radical (unpaired) electrons. The highest BCUT2D eigenvalue weighted by Crippen LogP contribution is 2.27. The minimum atomic E-state index is 1.00. The number of nitrogens with zero attached hydrogens (tertiary/aromatic N) is 2. The van der Waals surface area contributed by atoms with Crippen molar-refractivity contribution >= 4 is 11.3 Å². The van der Waals surface area contributed by atoms with Crippen LogP contribution in [0.5, 0.6) is 0 Å². The van der Waals surface area contributed by atoms with E-state index in [2.05, 4.69) is 29.9 Å². The fourth-order valence-electron chi connectivity index (χ4n) is 1.51. The van der Waals surface area contributed by atoms with Gasteiger partial charge in [0, 0.05) is 29.0 Å². The number of pyridine rings is 1. The molecule has 2 heterocycles. The lowest BCUT2D eigenvalue weighted by atomic mass is 10.1. The summed E-state index contributed by atoms with van der Waals surface area (Å²) < 4.78 is 0. The van der Waals surface area contributed by atoms with Gasteiger partial charge in [-0.25, -0.2) is 4.98 Å². The van der Waals surface area contributed by atoms with E-state index in [1.807, 2.05) is 18.6 Å². The molecule has 2 rings (SSSR count). The molecule has 15 heavy (non-hydrogen) atoms. The first kappa shape index (κ1) is 10.3. The minimum absolute atomic E-state index is 1.00. The van der Waals surface area contributed by atoms with Crippen LogP contribution in [-0.2, 0) is 12.8 Å². The van der Waals surface area contributed by atoms with E-state index >= 15 is 0 Å². The van der Waals surface area contributed by atoms with Crippen molar-refractivity contribution in [1.29, 1.82) is 0 Å². The van der Waals surface area contributed by atoms with Gasteiger partial charge in [-0.2, -0.15) is 0 Å². The summed E-state index contributed by atoms with van der Waals surface area (Å²) in [6, 6.07) is 2.05. The zero-order valence-electron chi connectivity index (χ0n) is 9.03. The number of thiazole rings is 1. The molecule has 3 heteroatoms. The summed E-state index contributed by atoms with van der Waals surface area (Å²) in [6.45, 7) is 4.30. The van der Waals surface area contributed by atoms with Gasteiger partial charge >= 0.3 is 0 Å². The van der Waals surface area contributed by atoms with E-state index in [4.69, 9.17) is 0 Å². The molecule has 0 aliphatic carbocycles. The van der Waals surface area contributed by atoms with E-state index in [1.54, 1.807) is 11.3 Å². The Kier molecular flexibility index (Phi) is 3.11. The van der Waals surface area contributed by atoms with Crippen molar-refractivity contribution in [2.45, 2.75) is 26.7 Å². The van der Waals surface area contributed by atoms with Crippen molar-refractivity contribution in [3.8, 4) is 10.6 Å². The first-order valence-electron chi connectivity index (χ1n) is 5.23. The Bertz CT molecular complexity index is 448. The summed E-state index contributed by atoms with van der Waals surface area (Å²) in [6.07, 6.45) is 7.80. The van der Waals surface area contributed by atoms with Gasteiger partial charge in [0.2, 0.25) is 0 Å². The van der Waals surface area contributed by atoms with Crippen LogP contribution in [0.3, 0.4) is 0 Å². The van der Waals surface area contributed by atoms with Crippen LogP contribution in [0.4, 0.5) is 0 Å². The van der Waals surface area contributed by atoms with Gasteiger partial charge in [-0.15, -0.1) is 11.3 Å². The van der Waals surface area contributed by atoms with Crippen LogP contribution in [-0.4, -0.2) is 9.97 Å². The maximum absolute atomic E-state index is 4.46. The van der Waals surface area contributed by atoms with Gasteiger partial charge in [0.05, 0.1) is 0 Å². The predicted molar refractivity (Wildman–Crippen MR) is 64.1 cm³/mol. The van der Waals surface area contributed by atoms with Crippen LogP contribution >= 0.6 is 11.3 Å². The Balaban J connectivity index is 2.44. The number of aryl methyl sites for hydroxylation is 2. The van der Waals surface area contributed by atoms with Gasteiger partial charge < -0.3 is 0 Å². The van der Waals surface area contributed by atoms with Crippen molar-refractivity contribution in [2.75, 3.05) is 0 Å². The standard InChI is InChI=1S/C12H14N2S/c1-3-9-7-13-6-5-11(9)12-14-8-10(4-2)15-12/h5-8H,3-4H2,1-2H3. The van der Waals surface area contributed by atoms with E-state index in [1.165, 1.54) is 16.0 Å². The summed E-state index contributed by atoms with van der Waals surface area (Å²) in [5.74, 6) is 0. The molecule has 0 aliphatic rings. The Hall–Kier alpha value is -1.22. The van der Waals surface area contributed by atoms with Crippen molar-refractivity contribution in [3.63, 3.8) is 0 Å². The van der Waals surface area contributed by atoms with Crippen molar-refractivity contribution in [3.05, 3.63) is 35.1 Å². The molecule has 2 aromatic rings. The Morgan fingerprint density at radius 2 is 2.07 bits per heavy atom. The molecule has 0 atom stereocenters. The van der Waals surface area contributed by atoms with Gasteiger partial charge in [-0.1, -0.05) is 13.8 Å². The molecule has 78 valence electrons. The molecule has 0 fully saturated rings. The topological polar surface area (TPSA) is 25.8 Å². The van der Waals surface area contributed by atoms with E-state index < -0.39 is 0 Å². The fraction of sp³-hybridized carbons (Fsp3) is 0.333. The molecule has 2 nitrogen and oxygen atoms in total. The molecule has 0 unspecified atom stereocenters. The highest BCUT2D eigenvalue weighted by Gasteiger charge is 2.07. The molecule has 0 aliphatic heterocycles. The quantitative estimate of drug-likeness (QED) is 0.789. The summed E-state index contributed by atoms with van der Waals surface area (Å²) in [4.78, 5) is 9.94. The lowest BCUT2D eigenvalue weighted by Gasteiger charge is -2.02. The second kappa shape index (κ2) is 4.53. The smallest absolute Gasteiger partial charge is 0.123 e. The zero-order chi connectivity index (χ0) is 10.7. The lowest BCUT2D eigenvalue weighted by Crippen LogP contribution is -1.87. The first-order chi connectivity index (χ1) is 7.35. The van der Waals surface area contributed by atoms with E-state index in [9.17, 15) is 0 Å². The van der Waals surface area contributed by atoms with Crippen LogP contribution < -0.4 is 0 Å². The van der Waals surface area contributed by atoms with Crippen LogP contribution in [0.15, 0.2) is 24.7 Å². The Morgan fingerprint density at radius 1 is 1.20 bits per heavy atom. The highest BCUT2D eigenvalue weighted by atomic mass is 32.1. The lowest BCUT2D eigenvalue weighted by molar-refractivity contribution is 1.10. The van der Waals surface area contributed by atoms with E-state index in [0.717, 1.165) is 17.8 Å². The Labute approximate surface area is 94.0 Å². The molecule has 0 saturated heterocycles. The minimum Gasteiger partial charge on any atom is -0.264 e. The second-order valence-electron chi connectivity index (χ2n) is 3.37. The van der Waals surface area contributed by atoms with Crippen LogP contribution in [0.25, 0.3) is 10.6 Å². The number of rotatable bonds is 3. The molecule has 2 aromatic heterocycles. The van der Waals surface area contributed by atoms with Crippen LogP contribution in [0.1, 0.15) is 24.3 Å². The first-order valence-corrected chi connectivity index (χ1v) is 6.04. The van der Waals surface area contributed by atoms with Crippen LogP contribution in [0, 0.1) is 0 Å². The van der Waals surface area contributed by atoms with Gasteiger partial charge in [-0.3, -0.25) is 4.98 Å². The largest absolute Gasteiger partial charge is 0.264 e. The van der Waals surface area contributed by atoms with Gasteiger partial charge in [0.25, 0.3) is 0 Å². The predicted octanol–water partition coefficient (Wildman–Crippen LogP) is 3.33. The maximum atomic E-state index is 4.46. The normalized spacial score (nSPS) is 10.5. The average molecular weight is 218 g/mol. The third kappa shape index (κ3) is 2.07. The summed E-state index contributed by atoms with van der Waals surface area (Å²) in [7, 11) is 0. The molecule has 0 amide bonds. The van der Waals surface area contributed by atoms with Gasteiger partial charge in [0.15, 0.2) is 0 Å². The average Bonchev–Trinajstić information content (AvgIpc) is 2.77. The van der Waals surface area contributed by atoms with E-state index in [0.29, 0.717) is 0 Å². The maximum Gasteiger partial charge on any atom is 0.123 e.